The number of amides is 3. The molecule has 0 aliphatic heterocycles. The van der Waals surface area contributed by atoms with E-state index in [0.29, 0.717) is 10.4 Å². The number of carbonyl (C=O) groups excluding carboxylic acids is 3. The number of pyridine rings is 1. The normalized spacial score (nSPS) is 14.4. The molecule has 9 heteroatoms. The largest absolute Gasteiger partial charge is 0.351 e. The molecule has 4 rings (SSSR count). The molecule has 2 heterocycles. The van der Waals surface area contributed by atoms with E-state index in [2.05, 4.69) is 15.6 Å². The Morgan fingerprint density at radius 2 is 1.79 bits per heavy atom. The maximum atomic E-state index is 14.9. The van der Waals surface area contributed by atoms with Gasteiger partial charge >= 0.3 is 0 Å². The molecule has 1 unspecified atom stereocenters. The molecule has 1 saturated carbocycles. The number of para-hydroxylation sites is 1. The number of aromatic nitrogens is 1. The van der Waals surface area contributed by atoms with Crippen LogP contribution >= 0.6 is 11.3 Å². The van der Waals surface area contributed by atoms with Crippen molar-refractivity contribution in [2.45, 2.75) is 37.8 Å². The summed E-state index contributed by atoms with van der Waals surface area (Å²) in [6.45, 7) is -0.399. The molecule has 1 aliphatic carbocycles. The Hall–Kier alpha value is -3.59. The van der Waals surface area contributed by atoms with Crippen LogP contribution in [-0.4, -0.2) is 35.3 Å². The predicted octanol–water partition coefficient (Wildman–Crippen LogP) is 3.85. The van der Waals surface area contributed by atoms with Gasteiger partial charge in [0.15, 0.2) is 0 Å². The monoisotopic (exact) mass is 480 g/mol. The van der Waals surface area contributed by atoms with Crippen molar-refractivity contribution < 1.29 is 18.8 Å². The molecule has 34 heavy (non-hydrogen) atoms. The summed E-state index contributed by atoms with van der Waals surface area (Å²) in [7, 11) is 0. The average molecular weight is 481 g/mol. The van der Waals surface area contributed by atoms with Gasteiger partial charge in [0.05, 0.1) is 17.1 Å². The van der Waals surface area contributed by atoms with Gasteiger partial charge in [0, 0.05) is 18.4 Å². The number of hydrogen-bond donors (Lipinski definition) is 2. The van der Waals surface area contributed by atoms with Gasteiger partial charge in [-0.05, 0) is 54.1 Å². The number of halogens is 1. The summed E-state index contributed by atoms with van der Waals surface area (Å²) in [4.78, 5) is 45.0. The Morgan fingerprint density at radius 1 is 1.06 bits per heavy atom. The van der Waals surface area contributed by atoms with Crippen LogP contribution in [-0.2, 0) is 9.59 Å². The first-order valence-corrected chi connectivity index (χ1v) is 12.0. The lowest BCUT2D eigenvalue weighted by molar-refractivity contribution is -0.126. The first-order valence-electron chi connectivity index (χ1n) is 11.1. The van der Waals surface area contributed by atoms with E-state index >= 15 is 0 Å². The van der Waals surface area contributed by atoms with Crippen LogP contribution in [0.1, 0.15) is 47.0 Å². The van der Waals surface area contributed by atoms with Crippen LogP contribution in [0, 0.1) is 5.82 Å². The lowest BCUT2D eigenvalue weighted by Crippen LogP contribution is -2.49. The van der Waals surface area contributed by atoms with Gasteiger partial charge in [-0.25, -0.2) is 4.39 Å². The van der Waals surface area contributed by atoms with E-state index in [9.17, 15) is 18.8 Å². The van der Waals surface area contributed by atoms with E-state index in [4.69, 9.17) is 0 Å². The SMILES string of the molecule is O=C(NCC(=O)N(c1ccccc1F)C(C(=O)NC1CCCC1)c1ccncc1)c1cccs1. The van der Waals surface area contributed by atoms with Gasteiger partial charge in [-0.15, -0.1) is 11.3 Å². The van der Waals surface area contributed by atoms with Crippen LogP contribution in [0.25, 0.3) is 0 Å². The molecule has 2 aromatic heterocycles. The van der Waals surface area contributed by atoms with Crippen molar-refractivity contribution in [2.75, 3.05) is 11.4 Å². The Morgan fingerprint density at radius 3 is 2.47 bits per heavy atom. The van der Waals surface area contributed by atoms with E-state index in [-0.39, 0.29) is 11.7 Å². The molecule has 1 aliphatic rings. The molecule has 3 aromatic rings. The van der Waals surface area contributed by atoms with Crippen LogP contribution in [0.15, 0.2) is 66.3 Å². The fraction of sp³-hybridized carbons (Fsp3) is 0.280. The number of benzene rings is 1. The summed E-state index contributed by atoms with van der Waals surface area (Å²) >= 11 is 1.25. The third-order valence-electron chi connectivity index (χ3n) is 5.76. The zero-order valence-corrected chi connectivity index (χ0v) is 19.3. The number of anilines is 1. The molecule has 2 N–H and O–H groups in total. The third kappa shape index (κ3) is 5.48. The van der Waals surface area contributed by atoms with Gasteiger partial charge in [-0.2, -0.15) is 0 Å². The lowest BCUT2D eigenvalue weighted by atomic mass is 10.0. The molecule has 176 valence electrons. The fourth-order valence-corrected chi connectivity index (χ4v) is 4.75. The summed E-state index contributed by atoms with van der Waals surface area (Å²) < 4.78 is 14.9. The first kappa shape index (κ1) is 23.6. The minimum Gasteiger partial charge on any atom is -0.351 e. The average Bonchev–Trinajstić information content (AvgIpc) is 3.56. The van der Waals surface area contributed by atoms with Gasteiger partial charge in [0.25, 0.3) is 5.91 Å². The number of rotatable bonds is 8. The molecule has 3 amide bonds. The highest BCUT2D eigenvalue weighted by atomic mass is 32.1. The summed E-state index contributed by atoms with van der Waals surface area (Å²) in [5, 5.41) is 7.37. The van der Waals surface area contributed by atoms with Gasteiger partial charge in [0.2, 0.25) is 11.8 Å². The highest BCUT2D eigenvalue weighted by Crippen LogP contribution is 2.30. The van der Waals surface area contributed by atoms with E-state index in [1.165, 1.54) is 41.9 Å². The molecule has 1 atom stereocenters. The Labute approximate surface area is 201 Å². The van der Waals surface area contributed by atoms with E-state index in [1.807, 2.05) is 0 Å². The van der Waals surface area contributed by atoms with Gasteiger partial charge < -0.3 is 10.6 Å². The van der Waals surface area contributed by atoms with E-state index in [0.717, 1.165) is 30.6 Å². The van der Waals surface area contributed by atoms with E-state index in [1.54, 1.807) is 35.7 Å². The zero-order valence-electron chi connectivity index (χ0n) is 18.4. The van der Waals surface area contributed by atoms with Crippen molar-refractivity contribution in [1.29, 1.82) is 0 Å². The highest BCUT2D eigenvalue weighted by molar-refractivity contribution is 7.12. The minimum absolute atomic E-state index is 0.00735. The van der Waals surface area contributed by atoms with Crippen molar-refractivity contribution in [1.82, 2.24) is 15.6 Å². The number of hydrogen-bond acceptors (Lipinski definition) is 5. The highest BCUT2D eigenvalue weighted by Gasteiger charge is 2.35. The second-order valence-corrected chi connectivity index (χ2v) is 9.00. The Balaban J connectivity index is 1.67. The van der Waals surface area contributed by atoms with Crippen LogP contribution < -0.4 is 15.5 Å². The number of nitrogens with one attached hydrogen (secondary N) is 2. The summed E-state index contributed by atoms with van der Waals surface area (Å²) in [5.74, 6) is -2.07. The van der Waals surface area contributed by atoms with Crippen molar-refractivity contribution in [3.63, 3.8) is 0 Å². The predicted molar refractivity (Wildman–Crippen MR) is 128 cm³/mol. The molecular weight excluding hydrogens is 455 g/mol. The standard InChI is InChI=1S/C25H25FN4O3S/c26-19-8-3-4-9-20(19)30(22(31)16-28-24(32)21-10-5-15-34-21)23(17-11-13-27-14-12-17)25(33)29-18-6-1-2-7-18/h3-5,8-15,18,23H,1-2,6-7,16H2,(H,28,32)(H,29,33). The minimum atomic E-state index is -1.13. The molecule has 7 nitrogen and oxygen atoms in total. The topological polar surface area (TPSA) is 91.4 Å². The van der Waals surface area contributed by atoms with E-state index < -0.39 is 36.1 Å². The molecule has 0 bridgehead atoms. The second-order valence-electron chi connectivity index (χ2n) is 8.05. The van der Waals surface area contributed by atoms with Crippen LogP contribution in [0.3, 0.4) is 0 Å². The molecule has 0 radical (unpaired) electrons. The molecular formula is C25H25FN4O3S. The molecule has 0 spiro atoms. The van der Waals surface area contributed by atoms with Crippen molar-refractivity contribution >= 4 is 34.7 Å². The quantitative estimate of drug-likeness (QED) is 0.512. The first-order chi connectivity index (χ1) is 16.5. The molecule has 0 saturated heterocycles. The van der Waals surface area contributed by atoms with Crippen LogP contribution in [0.4, 0.5) is 10.1 Å². The third-order valence-corrected chi connectivity index (χ3v) is 6.62. The Bertz CT molecular complexity index is 1130. The number of carbonyl (C=O) groups is 3. The van der Waals surface area contributed by atoms with Crippen LogP contribution in [0.2, 0.25) is 0 Å². The number of thiophene rings is 1. The number of nitrogens with zero attached hydrogens (tertiary/aromatic N) is 2. The van der Waals surface area contributed by atoms with Crippen molar-refractivity contribution in [3.8, 4) is 0 Å². The molecule has 1 aromatic carbocycles. The summed E-state index contributed by atoms with van der Waals surface area (Å²) in [6.07, 6.45) is 6.81. The summed E-state index contributed by atoms with van der Waals surface area (Å²) in [6, 6.07) is 11.3. The van der Waals surface area contributed by atoms with Crippen LogP contribution in [0.5, 0.6) is 0 Å². The molecule has 1 fully saturated rings. The maximum absolute atomic E-state index is 14.9. The van der Waals surface area contributed by atoms with Crippen molar-refractivity contribution in [2.24, 2.45) is 0 Å². The van der Waals surface area contributed by atoms with Crippen molar-refractivity contribution in [3.05, 3.63) is 82.6 Å². The second kappa shape index (κ2) is 11.0. The lowest BCUT2D eigenvalue weighted by Gasteiger charge is -2.32. The van der Waals surface area contributed by atoms with Gasteiger partial charge in [-0.3, -0.25) is 24.3 Å². The van der Waals surface area contributed by atoms with Gasteiger partial charge in [0.1, 0.15) is 11.9 Å². The zero-order chi connectivity index (χ0) is 23.9. The Kier molecular flexibility index (Phi) is 7.64. The fourth-order valence-electron chi connectivity index (χ4n) is 4.11. The maximum Gasteiger partial charge on any atom is 0.261 e. The van der Waals surface area contributed by atoms with Gasteiger partial charge in [-0.1, -0.05) is 31.0 Å². The smallest absolute Gasteiger partial charge is 0.261 e. The summed E-state index contributed by atoms with van der Waals surface area (Å²) in [5.41, 5.74) is 0.452.